The van der Waals surface area contributed by atoms with Crippen molar-refractivity contribution in [1.29, 1.82) is 0 Å². The molecule has 1 aromatic rings. The number of amides is 1. The summed E-state index contributed by atoms with van der Waals surface area (Å²) in [4.78, 5) is 14.3. The van der Waals surface area contributed by atoms with Gasteiger partial charge in [-0.05, 0) is 19.4 Å². The highest BCUT2D eigenvalue weighted by Gasteiger charge is 2.24. The third kappa shape index (κ3) is 4.44. The lowest BCUT2D eigenvalue weighted by Gasteiger charge is -2.26. The van der Waals surface area contributed by atoms with E-state index >= 15 is 0 Å². The number of para-hydroxylation sites is 1. The fourth-order valence-electron chi connectivity index (χ4n) is 2.42. The monoisotopic (exact) mass is 292 g/mol. The van der Waals surface area contributed by atoms with Gasteiger partial charge in [0.15, 0.2) is 0 Å². The highest BCUT2D eigenvalue weighted by molar-refractivity contribution is 5.81. The topological polar surface area (TPSA) is 50.8 Å². The van der Waals surface area contributed by atoms with Gasteiger partial charge in [0.25, 0.3) is 0 Å². The van der Waals surface area contributed by atoms with Crippen LogP contribution in [0.15, 0.2) is 24.3 Å². The maximum Gasteiger partial charge on any atom is 0.237 e. The zero-order chi connectivity index (χ0) is 15.1. The van der Waals surface area contributed by atoms with Crippen LogP contribution in [0.5, 0.6) is 5.75 Å². The average molecular weight is 292 g/mol. The van der Waals surface area contributed by atoms with Crippen LogP contribution in [0.2, 0.25) is 0 Å². The number of nitrogens with zero attached hydrogens (tertiary/aromatic N) is 1. The second kappa shape index (κ2) is 8.00. The molecule has 0 spiro atoms. The first-order valence-corrected chi connectivity index (χ1v) is 7.43. The van der Waals surface area contributed by atoms with Crippen molar-refractivity contribution in [2.75, 3.05) is 33.4 Å². The number of benzene rings is 1. The number of hydrogen-bond donors (Lipinski definition) is 1. The van der Waals surface area contributed by atoms with E-state index in [-0.39, 0.29) is 11.9 Å². The van der Waals surface area contributed by atoms with Crippen molar-refractivity contribution >= 4 is 5.91 Å². The maximum absolute atomic E-state index is 12.2. The van der Waals surface area contributed by atoms with E-state index in [4.69, 9.17) is 9.47 Å². The molecule has 5 heteroatoms. The molecule has 0 fully saturated rings. The summed E-state index contributed by atoms with van der Waals surface area (Å²) >= 11 is 0. The zero-order valence-electron chi connectivity index (χ0n) is 12.8. The van der Waals surface area contributed by atoms with Crippen molar-refractivity contribution < 1.29 is 14.3 Å². The SMILES string of the molecule is COCCCNC(=O)[C@@H](C)N1CCOc2ccccc2C1. The average Bonchev–Trinajstić information content (AvgIpc) is 2.72. The van der Waals surface area contributed by atoms with Crippen molar-refractivity contribution in [2.24, 2.45) is 0 Å². The van der Waals surface area contributed by atoms with Crippen LogP contribution in [-0.4, -0.2) is 50.3 Å². The second-order valence-electron chi connectivity index (χ2n) is 5.24. The molecule has 1 atom stereocenters. The largest absolute Gasteiger partial charge is 0.492 e. The van der Waals surface area contributed by atoms with Gasteiger partial charge in [-0.2, -0.15) is 0 Å². The smallest absolute Gasteiger partial charge is 0.237 e. The van der Waals surface area contributed by atoms with Gasteiger partial charge in [-0.1, -0.05) is 18.2 Å². The minimum absolute atomic E-state index is 0.0606. The van der Waals surface area contributed by atoms with Crippen molar-refractivity contribution in [1.82, 2.24) is 10.2 Å². The molecule has 1 heterocycles. The van der Waals surface area contributed by atoms with E-state index in [0.717, 1.165) is 30.8 Å². The lowest BCUT2D eigenvalue weighted by molar-refractivity contribution is -0.126. The van der Waals surface area contributed by atoms with E-state index in [1.54, 1.807) is 7.11 Å². The summed E-state index contributed by atoms with van der Waals surface area (Å²) in [5, 5.41) is 2.96. The Morgan fingerprint density at radius 2 is 2.29 bits per heavy atom. The Labute approximate surface area is 126 Å². The Kier molecular flexibility index (Phi) is 6.02. The van der Waals surface area contributed by atoms with Gasteiger partial charge in [-0.25, -0.2) is 0 Å². The normalized spacial score (nSPS) is 16.5. The molecule has 21 heavy (non-hydrogen) atoms. The van der Waals surface area contributed by atoms with Crippen LogP contribution in [-0.2, 0) is 16.1 Å². The van der Waals surface area contributed by atoms with Crippen molar-refractivity contribution in [2.45, 2.75) is 25.9 Å². The lowest BCUT2D eigenvalue weighted by Crippen LogP contribution is -2.45. The summed E-state index contributed by atoms with van der Waals surface area (Å²) in [6.45, 7) is 5.36. The molecule has 0 aliphatic carbocycles. The summed E-state index contributed by atoms with van der Waals surface area (Å²) in [5.74, 6) is 0.984. The number of carbonyl (C=O) groups excluding carboxylic acids is 1. The molecule has 0 saturated carbocycles. The summed E-state index contributed by atoms with van der Waals surface area (Å²) in [6, 6.07) is 7.84. The molecular weight excluding hydrogens is 268 g/mol. The number of methoxy groups -OCH3 is 1. The van der Waals surface area contributed by atoms with Crippen LogP contribution < -0.4 is 10.1 Å². The Bertz CT molecular complexity index is 465. The van der Waals surface area contributed by atoms with Crippen LogP contribution in [0.4, 0.5) is 0 Å². The molecule has 1 aromatic carbocycles. The molecule has 1 amide bonds. The van der Waals surface area contributed by atoms with Crippen LogP contribution in [0, 0.1) is 0 Å². The third-order valence-corrected chi connectivity index (χ3v) is 3.73. The standard InChI is InChI=1S/C16H24N2O3/c1-13(16(19)17-8-5-10-20-2)18-9-11-21-15-7-4-3-6-14(15)12-18/h3-4,6-7,13H,5,8-12H2,1-2H3,(H,17,19)/t13-/m1/s1. The summed E-state index contributed by atoms with van der Waals surface area (Å²) in [7, 11) is 1.67. The molecule has 1 N–H and O–H groups in total. The fraction of sp³-hybridized carbons (Fsp3) is 0.562. The quantitative estimate of drug-likeness (QED) is 0.806. The predicted octanol–water partition coefficient (Wildman–Crippen LogP) is 1.42. The third-order valence-electron chi connectivity index (χ3n) is 3.73. The highest BCUT2D eigenvalue weighted by Crippen LogP contribution is 2.23. The van der Waals surface area contributed by atoms with E-state index in [2.05, 4.69) is 16.3 Å². The molecule has 1 aliphatic rings. The molecule has 116 valence electrons. The summed E-state index contributed by atoms with van der Waals surface area (Å²) in [5.41, 5.74) is 1.13. The van der Waals surface area contributed by atoms with Gasteiger partial charge in [-0.3, -0.25) is 9.69 Å². The maximum atomic E-state index is 12.2. The number of ether oxygens (including phenoxy) is 2. The first kappa shape index (κ1) is 15.8. The second-order valence-corrected chi connectivity index (χ2v) is 5.24. The Morgan fingerprint density at radius 1 is 1.48 bits per heavy atom. The minimum atomic E-state index is -0.165. The molecular formula is C16H24N2O3. The van der Waals surface area contributed by atoms with E-state index in [1.807, 2.05) is 25.1 Å². The Hall–Kier alpha value is -1.59. The van der Waals surface area contributed by atoms with Crippen LogP contribution in [0.3, 0.4) is 0 Å². The molecule has 0 unspecified atom stereocenters. The Morgan fingerprint density at radius 3 is 3.10 bits per heavy atom. The first-order chi connectivity index (χ1) is 10.2. The molecule has 5 nitrogen and oxygen atoms in total. The number of nitrogens with one attached hydrogen (secondary N) is 1. The zero-order valence-corrected chi connectivity index (χ0v) is 12.8. The number of carbonyl (C=O) groups is 1. The minimum Gasteiger partial charge on any atom is -0.492 e. The van der Waals surface area contributed by atoms with Gasteiger partial charge in [0.2, 0.25) is 5.91 Å². The first-order valence-electron chi connectivity index (χ1n) is 7.43. The number of rotatable bonds is 6. The van der Waals surface area contributed by atoms with Gasteiger partial charge >= 0.3 is 0 Å². The predicted molar refractivity (Wildman–Crippen MR) is 81.3 cm³/mol. The highest BCUT2D eigenvalue weighted by atomic mass is 16.5. The molecule has 0 radical (unpaired) electrons. The van der Waals surface area contributed by atoms with E-state index in [1.165, 1.54) is 0 Å². The van der Waals surface area contributed by atoms with Crippen molar-refractivity contribution in [3.63, 3.8) is 0 Å². The van der Waals surface area contributed by atoms with Crippen molar-refractivity contribution in [3.8, 4) is 5.75 Å². The summed E-state index contributed by atoms with van der Waals surface area (Å²) in [6.07, 6.45) is 0.834. The fourth-order valence-corrected chi connectivity index (χ4v) is 2.42. The van der Waals surface area contributed by atoms with E-state index in [0.29, 0.717) is 19.8 Å². The molecule has 0 aromatic heterocycles. The molecule has 2 rings (SSSR count). The van der Waals surface area contributed by atoms with Crippen LogP contribution in [0.1, 0.15) is 18.9 Å². The van der Waals surface area contributed by atoms with Crippen LogP contribution in [0.25, 0.3) is 0 Å². The molecule has 0 saturated heterocycles. The lowest BCUT2D eigenvalue weighted by atomic mass is 10.1. The summed E-state index contributed by atoms with van der Waals surface area (Å²) < 4.78 is 10.7. The Balaban J connectivity index is 1.90. The van der Waals surface area contributed by atoms with Gasteiger partial charge in [0, 0.05) is 38.9 Å². The van der Waals surface area contributed by atoms with Gasteiger partial charge < -0.3 is 14.8 Å². The van der Waals surface area contributed by atoms with E-state index in [9.17, 15) is 4.79 Å². The number of fused-ring (bicyclic) bond motifs is 1. The van der Waals surface area contributed by atoms with Gasteiger partial charge in [0.05, 0.1) is 6.04 Å². The van der Waals surface area contributed by atoms with Crippen LogP contribution >= 0.6 is 0 Å². The molecule has 1 aliphatic heterocycles. The van der Waals surface area contributed by atoms with Gasteiger partial charge in [-0.15, -0.1) is 0 Å². The van der Waals surface area contributed by atoms with E-state index < -0.39 is 0 Å². The number of hydrogen-bond acceptors (Lipinski definition) is 4. The van der Waals surface area contributed by atoms with Crippen molar-refractivity contribution in [3.05, 3.63) is 29.8 Å². The van der Waals surface area contributed by atoms with Gasteiger partial charge in [0.1, 0.15) is 12.4 Å². The molecule has 0 bridgehead atoms.